The van der Waals surface area contributed by atoms with E-state index in [-0.39, 0.29) is 0 Å². The van der Waals surface area contributed by atoms with Crippen LogP contribution in [0.4, 0.5) is 0 Å². The fourth-order valence-electron chi connectivity index (χ4n) is 3.89. The van der Waals surface area contributed by atoms with E-state index in [0.717, 1.165) is 23.0 Å². The minimum absolute atomic E-state index is 0.826. The van der Waals surface area contributed by atoms with Gasteiger partial charge >= 0.3 is 37.9 Å². The van der Waals surface area contributed by atoms with Crippen LogP contribution in [-0.2, 0) is 20.8 Å². The van der Waals surface area contributed by atoms with Crippen molar-refractivity contribution in [1.82, 2.24) is 0 Å². The van der Waals surface area contributed by atoms with Crippen molar-refractivity contribution in [2.45, 2.75) is 13.8 Å². The molecule has 164 valence electrons. The number of furan rings is 2. The van der Waals surface area contributed by atoms with Gasteiger partial charge in [0.25, 0.3) is 0 Å². The predicted molar refractivity (Wildman–Crippen MR) is 136 cm³/mol. The normalized spacial score (nSPS) is 10.3. The second-order valence-electron chi connectivity index (χ2n) is 7.56. The average molecular weight is 553 g/mol. The number of rotatable bonds is 2. The first-order valence-electron chi connectivity index (χ1n) is 10.5. The number of hydrogen-bond donors (Lipinski definition) is 0. The van der Waals surface area contributed by atoms with E-state index in [1.54, 1.807) is 0 Å². The Morgan fingerprint density at radius 2 is 0.970 bits per heavy atom. The van der Waals surface area contributed by atoms with Gasteiger partial charge in [-0.2, -0.15) is 0 Å². The number of halogens is 2. The van der Waals surface area contributed by atoms with E-state index in [1.165, 1.54) is 32.7 Å². The maximum atomic E-state index is 5.64. The van der Waals surface area contributed by atoms with Gasteiger partial charge in [-0.3, -0.25) is 0 Å². The van der Waals surface area contributed by atoms with Crippen LogP contribution in [0.1, 0.15) is 11.5 Å². The van der Waals surface area contributed by atoms with E-state index in [2.05, 4.69) is 72.8 Å². The summed E-state index contributed by atoms with van der Waals surface area (Å²) in [5.41, 5.74) is 2.36. The van der Waals surface area contributed by atoms with Crippen molar-refractivity contribution in [3.63, 3.8) is 0 Å². The predicted octanol–water partition coefficient (Wildman–Crippen LogP) is 9.63. The molecule has 5 heteroatoms. The van der Waals surface area contributed by atoms with Gasteiger partial charge in [0.05, 0.1) is 23.0 Å². The zero-order valence-corrected chi connectivity index (χ0v) is 22.3. The SMILES string of the molecule is Cc1ccc(-[c-]2ccc3ccccc32)o1.Cc1ccc(-[c-]2ccc3ccccc32)o1.[Cl][Zr+2][Cl]. The molecule has 2 nitrogen and oxygen atoms in total. The van der Waals surface area contributed by atoms with Crippen molar-refractivity contribution in [2.24, 2.45) is 0 Å². The fraction of sp³-hybridized carbons (Fsp3) is 0.0714. The van der Waals surface area contributed by atoms with E-state index in [4.69, 9.17) is 25.9 Å². The Hall–Kier alpha value is -2.32. The van der Waals surface area contributed by atoms with Crippen LogP contribution in [0, 0.1) is 13.8 Å². The summed E-state index contributed by atoms with van der Waals surface area (Å²) in [6.07, 6.45) is 0. The molecule has 4 aromatic carbocycles. The number of hydrogen-bond acceptors (Lipinski definition) is 2. The van der Waals surface area contributed by atoms with Crippen LogP contribution < -0.4 is 0 Å². The number of aryl methyl sites for hydroxylation is 2. The van der Waals surface area contributed by atoms with Crippen LogP contribution in [0.15, 0.2) is 106 Å². The minimum atomic E-state index is -0.826. The van der Waals surface area contributed by atoms with Crippen molar-refractivity contribution >= 4 is 38.6 Å². The monoisotopic (exact) mass is 550 g/mol. The van der Waals surface area contributed by atoms with Gasteiger partial charge in [-0.25, -0.2) is 0 Å². The Morgan fingerprint density at radius 1 is 0.576 bits per heavy atom. The molecular weight excluding hydrogens is 530 g/mol. The number of benzene rings is 2. The Balaban J connectivity index is 0.000000141. The first-order chi connectivity index (χ1) is 16.1. The maximum absolute atomic E-state index is 5.64. The first-order valence-corrected chi connectivity index (χ1v) is 16.8. The van der Waals surface area contributed by atoms with Gasteiger partial charge in [0.15, 0.2) is 0 Å². The van der Waals surface area contributed by atoms with E-state index < -0.39 is 20.8 Å². The molecule has 2 aromatic heterocycles. The first kappa shape index (κ1) is 23.8. The molecule has 0 radical (unpaired) electrons. The molecule has 0 spiro atoms. The molecule has 0 bridgehead atoms. The molecule has 0 saturated carbocycles. The molecule has 0 fully saturated rings. The third-order valence-corrected chi connectivity index (χ3v) is 5.37. The quantitative estimate of drug-likeness (QED) is 0.200. The summed E-state index contributed by atoms with van der Waals surface area (Å²) < 4.78 is 11.3. The fourth-order valence-corrected chi connectivity index (χ4v) is 3.89. The summed E-state index contributed by atoms with van der Waals surface area (Å²) in [5.74, 6) is 3.81. The molecule has 0 unspecified atom stereocenters. The van der Waals surface area contributed by atoms with Crippen LogP contribution in [0.2, 0.25) is 0 Å². The summed E-state index contributed by atoms with van der Waals surface area (Å²) >= 11 is -0.826. The molecule has 0 N–H and O–H groups in total. The molecule has 0 aliphatic rings. The Bertz CT molecular complexity index is 1340. The van der Waals surface area contributed by atoms with Gasteiger partial charge in [0.1, 0.15) is 0 Å². The summed E-state index contributed by atoms with van der Waals surface area (Å²) in [6.45, 7) is 3.93. The number of fused-ring (bicyclic) bond motifs is 2. The molecule has 0 amide bonds. The molecule has 2 heterocycles. The Morgan fingerprint density at radius 3 is 1.33 bits per heavy atom. The van der Waals surface area contributed by atoms with E-state index in [9.17, 15) is 0 Å². The van der Waals surface area contributed by atoms with Crippen LogP contribution in [0.25, 0.3) is 44.2 Å². The summed E-state index contributed by atoms with van der Waals surface area (Å²) in [6, 6.07) is 33.2. The topological polar surface area (TPSA) is 26.3 Å². The van der Waals surface area contributed by atoms with E-state index in [0.29, 0.717) is 0 Å². The van der Waals surface area contributed by atoms with Crippen LogP contribution in [0.5, 0.6) is 0 Å². The average Bonchev–Trinajstić information content (AvgIpc) is 3.60. The second kappa shape index (κ2) is 11.2. The molecule has 0 atom stereocenters. The van der Waals surface area contributed by atoms with Gasteiger partial charge in [-0.1, -0.05) is 71.8 Å². The van der Waals surface area contributed by atoms with Crippen LogP contribution >= 0.6 is 17.0 Å². The molecule has 0 aliphatic heterocycles. The molecule has 6 rings (SSSR count). The molecule has 0 aliphatic carbocycles. The van der Waals surface area contributed by atoms with Crippen molar-refractivity contribution in [2.75, 3.05) is 0 Å². The standard InChI is InChI=1S/2C14H11O.2ClH.Zr/c2*1-10-6-9-14(15-10)13-8-7-11-4-2-3-5-12(11)13;;;/h2*2-9H,1H3;2*1H;/q2*-1;;;+4/p-2. The second-order valence-corrected chi connectivity index (χ2v) is 11.3. The van der Waals surface area contributed by atoms with Crippen LogP contribution in [0.3, 0.4) is 0 Å². The van der Waals surface area contributed by atoms with Crippen LogP contribution in [-0.4, -0.2) is 0 Å². The van der Waals surface area contributed by atoms with Gasteiger partial charge in [-0.15, -0.1) is 57.9 Å². The van der Waals surface area contributed by atoms with Crippen molar-refractivity contribution in [3.8, 4) is 22.6 Å². The third-order valence-electron chi connectivity index (χ3n) is 5.37. The molecule has 0 saturated heterocycles. The third kappa shape index (κ3) is 5.61. The summed E-state index contributed by atoms with van der Waals surface area (Å²) in [5, 5.41) is 5.04. The van der Waals surface area contributed by atoms with Crippen molar-refractivity contribution in [3.05, 3.63) is 109 Å². The van der Waals surface area contributed by atoms with Gasteiger partial charge < -0.3 is 8.83 Å². The zero-order chi connectivity index (χ0) is 23.2. The summed E-state index contributed by atoms with van der Waals surface area (Å²) in [7, 11) is 9.87. The Kier molecular flexibility index (Phi) is 8.09. The van der Waals surface area contributed by atoms with Crippen molar-refractivity contribution < 1.29 is 29.7 Å². The van der Waals surface area contributed by atoms with E-state index in [1.807, 2.05) is 38.1 Å². The van der Waals surface area contributed by atoms with Gasteiger partial charge in [0.2, 0.25) is 0 Å². The van der Waals surface area contributed by atoms with Crippen molar-refractivity contribution in [1.29, 1.82) is 0 Å². The molecular formula is C28H22Cl2O2Zr. The Labute approximate surface area is 212 Å². The summed E-state index contributed by atoms with van der Waals surface area (Å²) in [4.78, 5) is 0. The van der Waals surface area contributed by atoms with E-state index >= 15 is 0 Å². The molecule has 6 aromatic rings. The van der Waals surface area contributed by atoms with Gasteiger partial charge in [-0.05, 0) is 13.8 Å². The molecule has 33 heavy (non-hydrogen) atoms. The van der Waals surface area contributed by atoms with Gasteiger partial charge in [0, 0.05) is 0 Å². The zero-order valence-electron chi connectivity index (χ0n) is 18.3.